The van der Waals surface area contributed by atoms with Crippen LogP contribution in [0.15, 0.2) is 72.1 Å². The van der Waals surface area contributed by atoms with Crippen molar-refractivity contribution in [3.8, 4) is 11.3 Å². The fraction of sp³-hybridized carbons (Fsp3) is 0.160. The zero-order valence-corrected chi connectivity index (χ0v) is 18.9. The highest BCUT2D eigenvalue weighted by Crippen LogP contribution is 2.19. The average molecular weight is 463 g/mol. The third-order valence-corrected chi connectivity index (χ3v) is 6.04. The van der Waals surface area contributed by atoms with E-state index in [0.717, 1.165) is 17.7 Å². The lowest BCUT2D eigenvalue weighted by Gasteiger charge is -2.17. The standard InChI is InChI=1S/C25H23FN4O2S/c1-30(13-3-7-21-16-22(29-28-21)18-5-2-6-19(26)15-18)25(32)17-9-11-20(12-10-17)27-24(31)23-8-4-14-33-23/h2,4-6,8-12,14-16H,3,7,13H2,1H3,(H,27,31)(H,28,29). The van der Waals surface area contributed by atoms with Crippen LogP contribution in [0.3, 0.4) is 0 Å². The van der Waals surface area contributed by atoms with Crippen LogP contribution in [0.4, 0.5) is 10.1 Å². The smallest absolute Gasteiger partial charge is 0.265 e. The third kappa shape index (κ3) is 5.72. The molecular weight excluding hydrogens is 439 g/mol. The Kier molecular flexibility index (Phi) is 6.95. The number of thiophene rings is 1. The highest BCUT2D eigenvalue weighted by atomic mass is 32.1. The van der Waals surface area contributed by atoms with Crippen LogP contribution in [0.1, 0.15) is 32.1 Å². The molecule has 0 saturated heterocycles. The molecule has 6 nitrogen and oxygen atoms in total. The summed E-state index contributed by atoms with van der Waals surface area (Å²) < 4.78 is 13.4. The topological polar surface area (TPSA) is 78.1 Å². The van der Waals surface area contributed by atoms with Crippen molar-refractivity contribution in [3.63, 3.8) is 0 Å². The maximum Gasteiger partial charge on any atom is 0.265 e. The molecule has 8 heteroatoms. The van der Waals surface area contributed by atoms with E-state index in [1.165, 1.54) is 23.5 Å². The molecule has 2 heterocycles. The van der Waals surface area contributed by atoms with E-state index < -0.39 is 0 Å². The summed E-state index contributed by atoms with van der Waals surface area (Å²) in [5.74, 6) is -0.549. The summed E-state index contributed by atoms with van der Waals surface area (Å²) in [6, 6.07) is 18.7. The molecule has 2 aromatic carbocycles. The van der Waals surface area contributed by atoms with Crippen molar-refractivity contribution in [1.29, 1.82) is 0 Å². The molecule has 0 bridgehead atoms. The maximum atomic E-state index is 13.4. The van der Waals surface area contributed by atoms with Gasteiger partial charge in [0.25, 0.3) is 11.8 Å². The minimum absolute atomic E-state index is 0.0869. The van der Waals surface area contributed by atoms with Gasteiger partial charge < -0.3 is 10.2 Å². The predicted octanol–water partition coefficient (Wildman–Crippen LogP) is 5.23. The number of aromatic nitrogens is 2. The van der Waals surface area contributed by atoms with Gasteiger partial charge in [-0.15, -0.1) is 11.3 Å². The molecule has 2 N–H and O–H groups in total. The van der Waals surface area contributed by atoms with Crippen molar-refractivity contribution < 1.29 is 14.0 Å². The number of nitrogens with zero attached hydrogens (tertiary/aromatic N) is 2. The van der Waals surface area contributed by atoms with E-state index in [1.807, 2.05) is 23.6 Å². The minimum Gasteiger partial charge on any atom is -0.342 e. The lowest BCUT2D eigenvalue weighted by molar-refractivity contribution is 0.0793. The number of benzene rings is 2. The second-order valence-corrected chi connectivity index (χ2v) is 8.58. The first-order valence-electron chi connectivity index (χ1n) is 10.5. The van der Waals surface area contributed by atoms with E-state index in [9.17, 15) is 14.0 Å². The van der Waals surface area contributed by atoms with Crippen molar-refractivity contribution in [2.45, 2.75) is 12.8 Å². The first-order chi connectivity index (χ1) is 16.0. The Labute approximate surface area is 195 Å². The Morgan fingerprint density at radius 2 is 1.91 bits per heavy atom. The Balaban J connectivity index is 1.27. The summed E-state index contributed by atoms with van der Waals surface area (Å²) in [5, 5.41) is 11.9. The number of aryl methyl sites for hydroxylation is 1. The monoisotopic (exact) mass is 462 g/mol. The summed E-state index contributed by atoms with van der Waals surface area (Å²) in [5.41, 5.74) is 3.54. The number of nitrogens with one attached hydrogen (secondary N) is 2. The summed E-state index contributed by atoms with van der Waals surface area (Å²) in [6.07, 6.45) is 1.47. The lowest BCUT2D eigenvalue weighted by atomic mass is 10.1. The van der Waals surface area contributed by atoms with Gasteiger partial charge in [-0.3, -0.25) is 14.7 Å². The molecule has 0 radical (unpaired) electrons. The highest BCUT2D eigenvalue weighted by Gasteiger charge is 2.13. The van der Waals surface area contributed by atoms with Gasteiger partial charge in [-0.1, -0.05) is 18.2 Å². The first kappa shape index (κ1) is 22.4. The van der Waals surface area contributed by atoms with Crippen LogP contribution in [0.25, 0.3) is 11.3 Å². The molecule has 0 fully saturated rings. The van der Waals surface area contributed by atoms with Crippen molar-refractivity contribution in [3.05, 3.63) is 94.1 Å². The molecule has 0 unspecified atom stereocenters. The molecule has 0 aliphatic rings. The largest absolute Gasteiger partial charge is 0.342 e. The number of hydrogen-bond donors (Lipinski definition) is 2. The van der Waals surface area contributed by atoms with Crippen LogP contribution in [0.5, 0.6) is 0 Å². The zero-order chi connectivity index (χ0) is 23.2. The molecule has 2 amide bonds. The van der Waals surface area contributed by atoms with E-state index >= 15 is 0 Å². The van der Waals surface area contributed by atoms with Crippen LogP contribution in [-0.2, 0) is 6.42 Å². The number of halogens is 1. The Bertz CT molecular complexity index is 1240. The van der Waals surface area contributed by atoms with E-state index in [0.29, 0.717) is 34.8 Å². The molecule has 168 valence electrons. The molecule has 33 heavy (non-hydrogen) atoms. The lowest BCUT2D eigenvalue weighted by Crippen LogP contribution is -2.28. The van der Waals surface area contributed by atoms with Crippen LogP contribution >= 0.6 is 11.3 Å². The van der Waals surface area contributed by atoms with Gasteiger partial charge in [0.15, 0.2) is 0 Å². The highest BCUT2D eigenvalue weighted by molar-refractivity contribution is 7.12. The molecular formula is C25H23FN4O2S. The van der Waals surface area contributed by atoms with Gasteiger partial charge in [-0.25, -0.2) is 4.39 Å². The van der Waals surface area contributed by atoms with Gasteiger partial charge in [0, 0.05) is 36.1 Å². The Morgan fingerprint density at radius 1 is 1.09 bits per heavy atom. The first-order valence-corrected chi connectivity index (χ1v) is 11.4. The summed E-state index contributed by atoms with van der Waals surface area (Å²) in [4.78, 5) is 27.2. The number of rotatable bonds is 8. The van der Waals surface area contributed by atoms with Gasteiger partial charge in [-0.2, -0.15) is 5.10 Å². The van der Waals surface area contributed by atoms with Crippen molar-refractivity contribution in [2.75, 3.05) is 18.9 Å². The number of H-pyrrole nitrogens is 1. The van der Waals surface area contributed by atoms with Crippen LogP contribution < -0.4 is 5.32 Å². The normalized spacial score (nSPS) is 10.7. The van der Waals surface area contributed by atoms with E-state index in [-0.39, 0.29) is 17.6 Å². The summed E-state index contributed by atoms with van der Waals surface area (Å²) >= 11 is 1.37. The molecule has 0 atom stereocenters. The molecule has 4 aromatic rings. The van der Waals surface area contributed by atoms with E-state index in [4.69, 9.17) is 0 Å². The Morgan fingerprint density at radius 3 is 2.64 bits per heavy atom. The van der Waals surface area contributed by atoms with E-state index in [1.54, 1.807) is 48.3 Å². The van der Waals surface area contributed by atoms with Crippen LogP contribution in [0, 0.1) is 5.82 Å². The van der Waals surface area contributed by atoms with Crippen molar-refractivity contribution in [2.24, 2.45) is 0 Å². The molecule has 0 saturated carbocycles. The second kappa shape index (κ2) is 10.2. The number of carbonyl (C=O) groups excluding carboxylic acids is 2. The quantitative estimate of drug-likeness (QED) is 0.376. The average Bonchev–Trinajstić information content (AvgIpc) is 3.52. The number of carbonyl (C=O) groups is 2. The summed E-state index contributed by atoms with van der Waals surface area (Å²) in [6.45, 7) is 0.573. The van der Waals surface area contributed by atoms with Crippen LogP contribution in [0.2, 0.25) is 0 Å². The van der Waals surface area contributed by atoms with Crippen molar-refractivity contribution in [1.82, 2.24) is 15.1 Å². The number of anilines is 1. The van der Waals surface area contributed by atoms with Gasteiger partial charge in [0.2, 0.25) is 0 Å². The fourth-order valence-electron chi connectivity index (χ4n) is 3.41. The van der Waals surface area contributed by atoms with Gasteiger partial charge in [-0.05, 0) is 66.8 Å². The molecule has 0 aliphatic carbocycles. The second-order valence-electron chi connectivity index (χ2n) is 7.63. The summed E-state index contributed by atoms with van der Waals surface area (Å²) in [7, 11) is 1.76. The SMILES string of the molecule is CN(CCCc1cc(-c2cccc(F)c2)n[nH]1)C(=O)c1ccc(NC(=O)c2cccs2)cc1. The van der Waals surface area contributed by atoms with Crippen LogP contribution in [-0.4, -0.2) is 40.5 Å². The van der Waals surface area contributed by atoms with E-state index in [2.05, 4.69) is 15.5 Å². The molecule has 0 aliphatic heterocycles. The van der Waals surface area contributed by atoms with Gasteiger partial charge in [0.05, 0.1) is 10.6 Å². The molecule has 4 rings (SSSR count). The third-order valence-electron chi connectivity index (χ3n) is 5.17. The van der Waals surface area contributed by atoms with Crippen molar-refractivity contribution >= 4 is 28.8 Å². The molecule has 0 spiro atoms. The maximum absolute atomic E-state index is 13.4. The molecule has 2 aromatic heterocycles. The minimum atomic E-state index is -0.296. The number of hydrogen-bond acceptors (Lipinski definition) is 4. The van der Waals surface area contributed by atoms with Gasteiger partial charge in [0.1, 0.15) is 5.82 Å². The van der Waals surface area contributed by atoms with Gasteiger partial charge >= 0.3 is 0 Å². The number of aromatic amines is 1. The number of amides is 2. The zero-order valence-electron chi connectivity index (χ0n) is 18.0. The Hall–Kier alpha value is -3.78. The predicted molar refractivity (Wildman–Crippen MR) is 128 cm³/mol. The fourth-order valence-corrected chi connectivity index (χ4v) is 4.03.